The Labute approximate surface area is 175 Å². The molecule has 2 aromatic rings. The fraction of sp³-hybridized carbons (Fsp3) is 0.455. The molecule has 3 rings (SSSR count). The van der Waals surface area contributed by atoms with Crippen molar-refractivity contribution in [2.45, 2.75) is 58.2 Å². The predicted octanol–water partition coefficient (Wildman–Crippen LogP) is 3.93. The van der Waals surface area contributed by atoms with Gasteiger partial charge in [0.25, 0.3) is 5.91 Å². The van der Waals surface area contributed by atoms with Gasteiger partial charge in [-0.25, -0.2) is 14.4 Å². The van der Waals surface area contributed by atoms with E-state index in [1.54, 1.807) is 25.3 Å². The van der Waals surface area contributed by atoms with E-state index in [1.807, 2.05) is 13.0 Å². The number of halogens is 1. The van der Waals surface area contributed by atoms with Crippen LogP contribution in [0.25, 0.3) is 0 Å². The molecule has 1 aliphatic carbocycles. The van der Waals surface area contributed by atoms with Crippen molar-refractivity contribution in [3.63, 3.8) is 0 Å². The highest BCUT2D eigenvalue weighted by Gasteiger charge is 2.29. The van der Waals surface area contributed by atoms with E-state index in [0.717, 1.165) is 24.0 Å². The standard InChI is InChI=1S/C22H27FN4O3/c1-4-20(28)27-19-10-16(7-8-24-19)21(29)26-14(3)17-9-18(15-5-6-15)22(25-11-17)30-12-13(2)23/h7-11,13-15H,4-6,12H2,1-3H3,(H,26,29)(H,24,27,28). The van der Waals surface area contributed by atoms with Crippen LogP contribution in [0.4, 0.5) is 10.2 Å². The van der Waals surface area contributed by atoms with Crippen LogP contribution in [0.1, 0.15) is 73.5 Å². The maximum atomic E-state index is 13.1. The second-order valence-corrected chi connectivity index (χ2v) is 7.56. The molecule has 0 saturated heterocycles. The van der Waals surface area contributed by atoms with Crippen molar-refractivity contribution in [1.29, 1.82) is 0 Å². The first kappa shape index (κ1) is 21.7. The van der Waals surface area contributed by atoms with Crippen molar-refractivity contribution in [3.8, 4) is 5.88 Å². The van der Waals surface area contributed by atoms with Crippen LogP contribution in [0, 0.1) is 0 Å². The highest BCUT2D eigenvalue weighted by molar-refractivity contribution is 5.96. The third-order valence-corrected chi connectivity index (χ3v) is 4.83. The van der Waals surface area contributed by atoms with Crippen molar-refractivity contribution in [2.24, 2.45) is 0 Å². The lowest BCUT2D eigenvalue weighted by atomic mass is 10.1. The lowest BCUT2D eigenvalue weighted by molar-refractivity contribution is -0.115. The molecular formula is C22H27FN4O3. The Morgan fingerprint density at radius 3 is 2.70 bits per heavy atom. The van der Waals surface area contributed by atoms with Crippen LogP contribution in [0.3, 0.4) is 0 Å². The monoisotopic (exact) mass is 414 g/mol. The molecule has 2 heterocycles. The molecule has 30 heavy (non-hydrogen) atoms. The summed E-state index contributed by atoms with van der Waals surface area (Å²) in [6.07, 6.45) is 4.50. The number of nitrogens with zero attached hydrogens (tertiary/aromatic N) is 2. The summed E-state index contributed by atoms with van der Waals surface area (Å²) in [5, 5.41) is 5.59. The summed E-state index contributed by atoms with van der Waals surface area (Å²) in [6.45, 7) is 5.03. The van der Waals surface area contributed by atoms with Crippen LogP contribution >= 0.6 is 0 Å². The maximum absolute atomic E-state index is 13.1. The number of ether oxygens (including phenoxy) is 1. The topological polar surface area (TPSA) is 93.2 Å². The molecule has 1 saturated carbocycles. The van der Waals surface area contributed by atoms with Crippen LogP contribution in [-0.2, 0) is 4.79 Å². The first-order chi connectivity index (χ1) is 14.4. The summed E-state index contributed by atoms with van der Waals surface area (Å²) in [4.78, 5) is 32.6. The predicted molar refractivity (Wildman–Crippen MR) is 111 cm³/mol. The van der Waals surface area contributed by atoms with E-state index in [1.165, 1.54) is 13.1 Å². The van der Waals surface area contributed by atoms with E-state index in [2.05, 4.69) is 20.6 Å². The molecule has 1 fully saturated rings. The highest BCUT2D eigenvalue weighted by Crippen LogP contribution is 2.44. The van der Waals surface area contributed by atoms with Crippen LogP contribution in [-0.4, -0.2) is 34.6 Å². The average molecular weight is 414 g/mol. The van der Waals surface area contributed by atoms with Gasteiger partial charge in [-0.05, 0) is 56.4 Å². The second kappa shape index (κ2) is 9.65. The quantitative estimate of drug-likeness (QED) is 0.648. The smallest absolute Gasteiger partial charge is 0.251 e. The number of nitrogens with one attached hydrogen (secondary N) is 2. The fourth-order valence-electron chi connectivity index (χ4n) is 2.96. The van der Waals surface area contributed by atoms with E-state index in [-0.39, 0.29) is 24.5 Å². The van der Waals surface area contributed by atoms with Gasteiger partial charge in [-0.15, -0.1) is 0 Å². The lowest BCUT2D eigenvalue weighted by Gasteiger charge is -2.17. The van der Waals surface area contributed by atoms with Gasteiger partial charge in [-0.1, -0.05) is 6.92 Å². The molecule has 2 N–H and O–H groups in total. The van der Waals surface area contributed by atoms with Crippen molar-refractivity contribution >= 4 is 17.6 Å². The maximum Gasteiger partial charge on any atom is 0.251 e. The average Bonchev–Trinajstić information content (AvgIpc) is 3.57. The van der Waals surface area contributed by atoms with Crippen LogP contribution in [0.15, 0.2) is 30.6 Å². The summed E-state index contributed by atoms with van der Waals surface area (Å²) >= 11 is 0. The third-order valence-electron chi connectivity index (χ3n) is 4.83. The van der Waals surface area contributed by atoms with Gasteiger partial charge in [-0.3, -0.25) is 9.59 Å². The van der Waals surface area contributed by atoms with Gasteiger partial charge in [0.15, 0.2) is 0 Å². The largest absolute Gasteiger partial charge is 0.474 e. The minimum atomic E-state index is -1.07. The lowest BCUT2D eigenvalue weighted by Crippen LogP contribution is -2.27. The summed E-state index contributed by atoms with van der Waals surface area (Å²) in [5.41, 5.74) is 2.21. The van der Waals surface area contributed by atoms with E-state index < -0.39 is 6.17 Å². The number of aromatic nitrogens is 2. The number of anilines is 1. The van der Waals surface area contributed by atoms with Gasteiger partial charge < -0.3 is 15.4 Å². The normalized spacial score (nSPS) is 15.2. The van der Waals surface area contributed by atoms with Crippen LogP contribution < -0.4 is 15.4 Å². The van der Waals surface area contributed by atoms with E-state index in [0.29, 0.717) is 29.6 Å². The minimum absolute atomic E-state index is 0.0305. The summed E-state index contributed by atoms with van der Waals surface area (Å²) < 4.78 is 18.7. The molecule has 0 spiro atoms. The molecule has 0 bridgehead atoms. The van der Waals surface area contributed by atoms with Crippen molar-refractivity contribution < 1.29 is 18.7 Å². The number of rotatable bonds is 9. The minimum Gasteiger partial charge on any atom is -0.474 e. The number of pyridine rings is 2. The molecule has 8 heteroatoms. The molecule has 1 aliphatic rings. The number of amides is 2. The van der Waals surface area contributed by atoms with Gasteiger partial charge in [0.1, 0.15) is 18.6 Å². The Morgan fingerprint density at radius 2 is 2.03 bits per heavy atom. The number of carbonyl (C=O) groups excluding carboxylic acids is 2. The highest BCUT2D eigenvalue weighted by atomic mass is 19.1. The van der Waals surface area contributed by atoms with E-state index >= 15 is 0 Å². The molecule has 160 valence electrons. The number of alkyl halides is 1. The van der Waals surface area contributed by atoms with Crippen LogP contribution in [0.5, 0.6) is 5.88 Å². The summed E-state index contributed by atoms with van der Waals surface area (Å²) in [5.74, 6) is 0.723. The van der Waals surface area contributed by atoms with Crippen molar-refractivity contribution in [3.05, 3.63) is 47.3 Å². The summed E-state index contributed by atoms with van der Waals surface area (Å²) in [6, 6.07) is 4.82. The number of hydrogen-bond acceptors (Lipinski definition) is 5. The third kappa shape index (κ3) is 5.75. The zero-order valence-corrected chi connectivity index (χ0v) is 17.4. The molecule has 0 aromatic carbocycles. The Kier molecular flexibility index (Phi) is 6.97. The van der Waals surface area contributed by atoms with Gasteiger partial charge in [0.05, 0.1) is 6.04 Å². The second-order valence-electron chi connectivity index (χ2n) is 7.56. The molecule has 2 amide bonds. The van der Waals surface area contributed by atoms with Crippen LogP contribution in [0.2, 0.25) is 0 Å². The van der Waals surface area contributed by atoms with Gasteiger partial charge in [-0.2, -0.15) is 0 Å². The Hall–Kier alpha value is -3.03. The SMILES string of the molecule is CCC(=O)Nc1cc(C(=O)NC(C)c2cnc(OCC(C)F)c(C3CC3)c2)ccn1. The molecule has 0 aliphatic heterocycles. The molecule has 0 radical (unpaired) electrons. The van der Waals surface area contributed by atoms with Crippen molar-refractivity contribution in [1.82, 2.24) is 15.3 Å². The first-order valence-corrected chi connectivity index (χ1v) is 10.2. The Balaban J connectivity index is 1.70. The first-order valence-electron chi connectivity index (χ1n) is 10.2. The van der Waals surface area contributed by atoms with Gasteiger partial charge in [0, 0.05) is 29.9 Å². The molecule has 7 nitrogen and oxygen atoms in total. The van der Waals surface area contributed by atoms with E-state index in [4.69, 9.17) is 4.74 Å². The zero-order chi connectivity index (χ0) is 21.7. The fourth-order valence-corrected chi connectivity index (χ4v) is 2.96. The zero-order valence-electron chi connectivity index (χ0n) is 17.4. The number of hydrogen-bond donors (Lipinski definition) is 2. The van der Waals surface area contributed by atoms with Crippen molar-refractivity contribution in [2.75, 3.05) is 11.9 Å². The molecule has 2 unspecified atom stereocenters. The number of carbonyl (C=O) groups is 2. The Bertz CT molecular complexity index is 915. The summed E-state index contributed by atoms with van der Waals surface area (Å²) in [7, 11) is 0. The molecule has 2 aromatic heterocycles. The molecular weight excluding hydrogens is 387 g/mol. The Morgan fingerprint density at radius 1 is 1.27 bits per heavy atom. The van der Waals surface area contributed by atoms with Gasteiger partial charge in [0.2, 0.25) is 11.8 Å². The van der Waals surface area contributed by atoms with E-state index in [9.17, 15) is 14.0 Å². The molecule has 2 atom stereocenters. The van der Waals surface area contributed by atoms with Gasteiger partial charge >= 0.3 is 0 Å².